The van der Waals surface area contributed by atoms with Crippen LogP contribution in [0.25, 0.3) is 0 Å². The van der Waals surface area contributed by atoms with Crippen LogP contribution in [0.5, 0.6) is 0 Å². The molecule has 2 aromatic rings. The van der Waals surface area contributed by atoms with Crippen LogP contribution >= 0.6 is 0 Å². The lowest BCUT2D eigenvalue weighted by atomic mass is 10.0. The van der Waals surface area contributed by atoms with Gasteiger partial charge in [-0.2, -0.15) is 0 Å². The number of amides is 1. The summed E-state index contributed by atoms with van der Waals surface area (Å²) in [6.07, 6.45) is 8.67. The molecule has 1 atom stereocenters. The SMILES string of the molecule is O=C(Nc1cccc(Cn2ccnc2)c1)[C@H]1CCCCN1. The molecule has 2 N–H and O–H groups in total. The first-order chi connectivity index (χ1) is 10.3. The van der Waals surface area contributed by atoms with E-state index < -0.39 is 0 Å². The fourth-order valence-electron chi connectivity index (χ4n) is 2.64. The zero-order valence-electron chi connectivity index (χ0n) is 12.0. The van der Waals surface area contributed by atoms with Crippen molar-refractivity contribution >= 4 is 11.6 Å². The maximum absolute atomic E-state index is 12.2. The van der Waals surface area contributed by atoms with Crippen LogP contribution in [-0.2, 0) is 11.3 Å². The number of carbonyl (C=O) groups is 1. The van der Waals surface area contributed by atoms with Crippen LogP contribution in [0, 0.1) is 0 Å². The van der Waals surface area contributed by atoms with E-state index in [1.807, 2.05) is 29.0 Å². The number of nitrogens with one attached hydrogen (secondary N) is 2. The van der Waals surface area contributed by atoms with Gasteiger partial charge in [-0.05, 0) is 37.1 Å². The predicted octanol–water partition coefficient (Wildman–Crippen LogP) is 2.01. The highest BCUT2D eigenvalue weighted by molar-refractivity contribution is 5.94. The standard InChI is InChI=1S/C16H20N4O/c21-16(15-6-1-2-7-18-15)19-14-5-3-4-13(10-14)11-20-9-8-17-12-20/h3-5,8-10,12,15,18H,1-2,6-7,11H2,(H,19,21)/t15-/m1/s1. The molecule has 0 spiro atoms. The van der Waals surface area contributed by atoms with E-state index in [1.54, 1.807) is 12.5 Å². The average Bonchev–Trinajstić information content (AvgIpc) is 3.01. The minimum absolute atomic E-state index is 0.0592. The van der Waals surface area contributed by atoms with Gasteiger partial charge in [-0.25, -0.2) is 4.98 Å². The van der Waals surface area contributed by atoms with Gasteiger partial charge in [0.2, 0.25) is 5.91 Å². The van der Waals surface area contributed by atoms with Crippen molar-refractivity contribution in [2.45, 2.75) is 31.8 Å². The van der Waals surface area contributed by atoms with Gasteiger partial charge in [-0.3, -0.25) is 4.79 Å². The lowest BCUT2D eigenvalue weighted by molar-refractivity contribution is -0.118. The number of hydrogen-bond acceptors (Lipinski definition) is 3. The molecule has 3 rings (SSSR count). The summed E-state index contributed by atoms with van der Waals surface area (Å²) in [7, 11) is 0. The molecule has 1 aromatic carbocycles. The van der Waals surface area contributed by atoms with Gasteiger partial charge in [0.1, 0.15) is 0 Å². The summed E-state index contributed by atoms with van der Waals surface area (Å²) in [6.45, 7) is 1.68. The molecule has 0 bridgehead atoms. The van der Waals surface area contributed by atoms with Gasteiger partial charge in [0.25, 0.3) is 0 Å². The summed E-state index contributed by atoms with van der Waals surface area (Å²) in [5.41, 5.74) is 1.99. The van der Waals surface area contributed by atoms with E-state index in [2.05, 4.69) is 21.7 Å². The van der Waals surface area contributed by atoms with Crippen LogP contribution in [0.3, 0.4) is 0 Å². The molecule has 5 nitrogen and oxygen atoms in total. The van der Waals surface area contributed by atoms with E-state index in [0.29, 0.717) is 0 Å². The highest BCUT2D eigenvalue weighted by Gasteiger charge is 2.20. The fraction of sp³-hybridized carbons (Fsp3) is 0.375. The Balaban J connectivity index is 1.63. The summed E-state index contributed by atoms with van der Waals surface area (Å²) >= 11 is 0. The second kappa shape index (κ2) is 6.54. The molecule has 2 heterocycles. The maximum Gasteiger partial charge on any atom is 0.241 e. The van der Waals surface area contributed by atoms with E-state index in [9.17, 15) is 4.79 Å². The molecule has 5 heteroatoms. The normalized spacial score (nSPS) is 18.4. The molecular formula is C16H20N4O. The Morgan fingerprint density at radius 2 is 2.38 bits per heavy atom. The molecule has 1 fully saturated rings. The Morgan fingerprint density at radius 3 is 3.14 bits per heavy atom. The molecule has 0 radical (unpaired) electrons. The number of aromatic nitrogens is 2. The van der Waals surface area contributed by atoms with Gasteiger partial charge in [0.15, 0.2) is 0 Å². The average molecular weight is 284 g/mol. The van der Waals surface area contributed by atoms with Crippen molar-refractivity contribution in [2.24, 2.45) is 0 Å². The molecule has 1 amide bonds. The van der Waals surface area contributed by atoms with E-state index >= 15 is 0 Å². The van der Waals surface area contributed by atoms with Gasteiger partial charge in [0.05, 0.1) is 12.4 Å². The second-order valence-electron chi connectivity index (χ2n) is 5.43. The zero-order chi connectivity index (χ0) is 14.5. The summed E-state index contributed by atoms with van der Waals surface area (Å²) in [6, 6.07) is 7.90. The number of imidazole rings is 1. The van der Waals surface area contributed by atoms with Crippen molar-refractivity contribution in [3.63, 3.8) is 0 Å². The van der Waals surface area contributed by atoms with Gasteiger partial charge in [-0.1, -0.05) is 18.6 Å². The summed E-state index contributed by atoms with van der Waals surface area (Å²) in [4.78, 5) is 16.2. The van der Waals surface area contributed by atoms with Gasteiger partial charge in [0, 0.05) is 24.6 Å². The zero-order valence-corrected chi connectivity index (χ0v) is 12.0. The third kappa shape index (κ3) is 3.70. The van der Waals surface area contributed by atoms with Crippen molar-refractivity contribution in [1.29, 1.82) is 0 Å². The molecule has 1 aromatic heterocycles. The number of carbonyl (C=O) groups excluding carboxylic acids is 1. The molecule has 1 aliphatic heterocycles. The van der Waals surface area contributed by atoms with Crippen LogP contribution in [0.15, 0.2) is 43.0 Å². The molecule has 0 saturated carbocycles. The van der Waals surface area contributed by atoms with E-state index in [0.717, 1.165) is 43.6 Å². The summed E-state index contributed by atoms with van der Waals surface area (Å²) < 4.78 is 2.00. The summed E-state index contributed by atoms with van der Waals surface area (Å²) in [5, 5.41) is 6.27. The van der Waals surface area contributed by atoms with Crippen molar-refractivity contribution < 1.29 is 4.79 Å². The number of nitrogens with zero attached hydrogens (tertiary/aromatic N) is 2. The highest BCUT2D eigenvalue weighted by atomic mass is 16.2. The van der Waals surface area contributed by atoms with Crippen LogP contribution < -0.4 is 10.6 Å². The Bertz CT molecular complexity index is 588. The number of benzene rings is 1. The Labute approximate surface area is 124 Å². The van der Waals surface area contributed by atoms with Crippen LogP contribution in [-0.4, -0.2) is 28.0 Å². The lowest BCUT2D eigenvalue weighted by Crippen LogP contribution is -2.43. The van der Waals surface area contributed by atoms with Gasteiger partial charge >= 0.3 is 0 Å². The Morgan fingerprint density at radius 1 is 1.43 bits per heavy atom. The van der Waals surface area contributed by atoms with Crippen molar-refractivity contribution in [1.82, 2.24) is 14.9 Å². The van der Waals surface area contributed by atoms with Crippen molar-refractivity contribution in [3.8, 4) is 0 Å². The highest BCUT2D eigenvalue weighted by Crippen LogP contribution is 2.14. The van der Waals surface area contributed by atoms with Crippen molar-refractivity contribution in [3.05, 3.63) is 48.5 Å². The molecule has 21 heavy (non-hydrogen) atoms. The van der Waals surface area contributed by atoms with Gasteiger partial charge < -0.3 is 15.2 Å². The van der Waals surface area contributed by atoms with Crippen LogP contribution in [0.4, 0.5) is 5.69 Å². The fourth-order valence-corrected chi connectivity index (χ4v) is 2.64. The molecule has 0 unspecified atom stereocenters. The third-order valence-corrected chi connectivity index (χ3v) is 3.75. The third-order valence-electron chi connectivity index (χ3n) is 3.75. The number of hydrogen-bond donors (Lipinski definition) is 2. The Kier molecular flexibility index (Phi) is 4.31. The Hall–Kier alpha value is -2.14. The smallest absolute Gasteiger partial charge is 0.241 e. The number of rotatable bonds is 4. The predicted molar refractivity (Wildman–Crippen MR) is 82.0 cm³/mol. The van der Waals surface area contributed by atoms with Crippen molar-refractivity contribution in [2.75, 3.05) is 11.9 Å². The van der Waals surface area contributed by atoms with E-state index in [1.165, 1.54) is 0 Å². The molecular weight excluding hydrogens is 264 g/mol. The topological polar surface area (TPSA) is 59.0 Å². The maximum atomic E-state index is 12.2. The van der Waals surface area contributed by atoms with Gasteiger partial charge in [-0.15, -0.1) is 0 Å². The summed E-state index contributed by atoms with van der Waals surface area (Å²) in [5.74, 6) is 0.0643. The van der Waals surface area contributed by atoms with Crippen LogP contribution in [0.2, 0.25) is 0 Å². The monoisotopic (exact) mass is 284 g/mol. The first kappa shape index (κ1) is 13.8. The second-order valence-corrected chi connectivity index (χ2v) is 5.43. The largest absolute Gasteiger partial charge is 0.333 e. The first-order valence-electron chi connectivity index (χ1n) is 7.40. The van der Waals surface area contributed by atoms with Crippen LogP contribution in [0.1, 0.15) is 24.8 Å². The number of piperidine rings is 1. The van der Waals surface area contributed by atoms with E-state index in [-0.39, 0.29) is 11.9 Å². The minimum atomic E-state index is -0.0592. The molecule has 110 valence electrons. The molecule has 1 aliphatic rings. The molecule has 1 saturated heterocycles. The first-order valence-corrected chi connectivity index (χ1v) is 7.40. The van der Waals surface area contributed by atoms with E-state index in [4.69, 9.17) is 0 Å². The molecule has 0 aliphatic carbocycles. The minimum Gasteiger partial charge on any atom is -0.333 e. The quantitative estimate of drug-likeness (QED) is 0.903. The lowest BCUT2D eigenvalue weighted by Gasteiger charge is -2.22. The number of anilines is 1.